The molecule has 1 amide bonds. The summed E-state index contributed by atoms with van der Waals surface area (Å²) in [5.74, 6) is 0.0283. The van der Waals surface area contributed by atoms with E-state index in [9.17, 15) is 9.90 Å². The molecule has 4 N–H and O–H groups in total. The van der Waals surface area contributed by atoms with Gasteiger partial charge in [0.15, 0.2) is 5.13 Å². The van der Waals surface area contributed by atoms with Crippen molar-refractivity contribution in [1.82, 2.24) is 10.3 Å². The van der Waals surface area contributed by atoms with Crippen LogP contribution >= 0.6 is 11.3 Å². The molecule has 3 rings (SSSR count). The standard InChI is InChI=1S/C15H17N3O2S/c16-15-17-12(8-21-15)14(20)18-13(10-6-11(19)7-10)9-4-2-1-3-5-9/h1-5,8,10-11,13,19H,6-7H2,(H2,16,17)(H,18,20). The van der Waals surface area contributed by atoms with Gasteiger partial charge >= 0.3 is 0 Å². The van der Waals surface area contributed by atoms with E-state index in [2.05, 4.69) is 10.3 Å². The lowest BCUT2D eigenvalue weighted by atomic mass is 9.75. The first-order valence-corrected chi connectivity index (χ1v) is 7.76. The molecule has 0 saturated heterocycles. The van der Waals surface area contributed by atoms with Crippen LogP contribution in [0.1, 0.15) is 34.9 Å². The highest BCUT2D eigenvalue weighted by Crippen LogP contribution is 2.38. The van der Waals surface area contributed by atoms with Crippen molar-refractivity contribution in [1.29, 1.82) is 0 Å². The van der Waals surface area contributed by atoms with Crippen molar-refractivity contribution in [2.45, 2.75) is 25.0 Å². The lowest BCUT2D eigenvalue weighted by Gasteiger charge is -2.38. The number of nitrogens with zero attached hydrogens (tertiary/aromatic N) is 1. The third-order valence-corrected chi connectivity index (χ3v) is 4.49. The number of carbonyl (C=O) groups excluding carboxylic acids is 1. The first kappa shape index (κ1) is 14.0. The summed E-state index contributed by atoms with van der Waals surface area (Å²) in [5.41, 5.74) is 6.96. The average Bonchev–Trinajstić information content (AvgIpc) is 2.89. The summed E-state index contributed by atoms with van der Waals surface area (Å²) >= 11 is 1.25. The summed E-state index contributed by atoms with van der Waals surface area (Å²) in [6, 6.07) is 9.72. The van der Waals surface area contributed by atoms with E-state index in [4.69, 9.17) is 5.73 Å². The predicted molar refractivity (Wildman–Crippen MR) is 81.9 cm³/mol. The molecule has 1 aromatic carbocycles. The molecule has 0 bridgehead atoms. The summed E-state index contributed by atoms with van der Waals surface area (Å²) in [7, 11) is 0. The zero-order valence-electron chi connectivity index (χ0n) is 11.4. The second kappa shape index (κ2) is 5.83. The van der Waals surface area contributed by atoms with Crippen molar-refractivity contribution < 1.29 is 9.90 Å². The van der Waals surface area contributed by atoms with Crippen LogP contribution in [0.3, 0.4) is 0 Å². The number of rotatable bonds is 4. The minimum atomic E-state index is -0.256. The van der Waals surface area contributed by atoms with E-state index >= 15 is 0 Å². The summed E-state index contributed by atoms with van der Waals surface area (Å²) < 4.78 is 0. The van der Waals surface area contributed by atoms with Gasteiger partial charge in [-0.05, 0) is 24.3 Å². The molecule has 2 aromatic rings. The number of carbonyl (C=O) groups is 1. The Hall–Kier alpha value is -1.92. The molecule has 5 nitrogen and oxygen atoms in total. The van der Waals surface area contributed by atoms with Crippen LogP contribution in [-0.4, -0.2) is 22.1 Å². The average molecular weight is 303 g/mol. The Kier molecular flexibility index (Phi) is 3.90. The number of aliphatic hydroxyl groups excluding tert-OH is 1. The van der Waals surface area contributed by atoms with Gasteiger partial charge in [-0.15, -0.1) is 11.3 Å². The van der Waals surface area contributed by atoms with Crippen molar-refractivity contribution in [3.63, 3.8) is 0 Å². The van der Waals surface area contributed by atoms with Crippen LogP contribution in [0.15, 0.2) is 35.7 Å². The quantitative estimate of drug-likeness (QED) is 0.805. The van der Waals surface area contributed by atoms with Gasteiger partial charge in [0.2, 0.25) is 0 Å². The van der Waals surface area contributed by atoms with Gasteiger partial charge in [-0.25, -0.2) is 4.98 Å². The van der Waals surface area contributed by atoms with Crippen LogP contribution in [-0.2, 0) is 0 Å². The molecule has 1 unspecified atom stereocenters. The van der Waals surface area contributed by atoms with Crippen LogP contribution in [0.25, 0.3) is 0 Å². The van der Waals surface area contributed by atoms with E-state index < -0.39 is 0 Å². The van der Waals surface area contributed by atoms with E-state index in [1.165, 1.54) is 11.3 Å². The number of hydrogen-bond donors (Lipinski definition) is 3. The summed E-state index contributed by atoms with van der Waals surface area (Å²) in [6.45, 7) is 0. The molecule has 6 heteroatoms. The molecular formula is C15H17N3O2S. The van der Waals surface area contributed by atoms with Gasteiger partial charge in [0.05, 0.1) is 12.1 Å². The molecule has 1 fully saturated rings. The van der Waals surface area contributed by atoms with Crippen molar-refractivity contribution in [2.24, 2.45) is 5.92 Å². The van der Waals surface area contributed by atoms with Crippen molar-refractivity contribution >= 4 is 22.4 Å². The topological polar surface area (TPSA) is 88.2 Å². The highest BCUT2D eigenvalue weighted by Gasteiger charge is 2.35. The Morgan fingerprint density at radius 1 is 1.38 bits per heavy atom. The summed E-state index contributed by atoms with van der Waals surface area (Å²) in [4.78, 5) is 16.3. The van der Waals surface area contributed by atoms with Gasteiger partial charge in [-0.2, -0.15) is 0 Å². The number of nitrogen functional groups attached to an aromatic ring is 1. The normalized spacial score (nSPS) is 22.3. The molecule has 1 aliphatic carbocycles. The number of aliphatic hydroxyl groups is 1. The van der Waals surface area contributed by atoms with Gasteiger partial charge in [-0.3, -0.25) is 4.79 Å². The number of amides is 1. The lowest BCUT2D eigenvalue weighted by molar-refractivity contribution is 0.0235. The molecule has 110 valence electrons. The number of anilines is 1. The molecule has 0 aliphatic heterocycles. The molecule has 21 heavy (non-hydrogen) atoms. The van der Waals surface area contributed by atoms with E-state index in [0.717, 1.165) is 5.56 Å². The number of nitrogens with one attached hydrogen (secondary N) is 1. The number of thiazole rings is 1. The highest BCUT2D eigenvalue weighted by molar-refractivity contribution is 7.13. The SMILES string of the molecule is Nc1nc(C(=O)NC(c2ccccc2)C2CC(O)C2)cs1. The van der Waals surface area contributed by atoms with E-state index in [-0.39, 0.29) is 24.0 Å². The molecule has 1 atom stereocenters. The smallest absolute Gasteiger partial charge is 0.271 e. The number of nitrogens with two attached hydrogens (primary N) is 1. The maximum atomic E-state index is 12.3. The molecule has 1 saturated carbocycles. The lowest BCUT2D eigenvalue weighted by Crippen LogP contribution is -2.41. The first-order chi connectivity index (χ1) is 10.1. The third-order valence-electron chi connectivity index (χ3n) is 3.82. The molecule has 0 spiro atoms. The second-order valence-electron chi connectivity index (χ2n) is 5.32. The summed E-state index contributed by atoms with van der Waals surface area (Å²) in [6.07, 6.45) is 1.16. The van der Waals surface area contributed by atoms with Crippen molar-refractivity contribution in [2.75, 3.05) is 5.73 Å². The van der Waals surface area contributed by atoms with Crippen LogP contribution < -0.4 is 11.1 Å². The van der Waals surface area contributed by atoms with Crippen molar-refractivity contribution in [3.8, 4) is 0 Å². The minimum Gasteiger partial charge on any atom is -0.393 e. The fraction of sp³-hybridized carbons (Fsp3) is 0.333. The molecule has 1 heterocycles. The predicted octanol–water partition coefficient (Wildman–Crippen LogP) is 1.97. The second-order valence-corrected chi connectivity index (χ2v) is 6.21. The molecule has 1 aliphatic rings. The maximum Gasteiger partial charge on any atom is 0.271 e. The first-order valence-electron chi connectivity index (χ1n) is 6.88. The number of benzene rings is 1. The summed E-state index contributed by atoms with van der Waals surface area (Å²) in [5, 5.41) is 14.6. The fourth-order valence-electron chi connectivity index (χ4n) is 2.64. The van der Waals surface area contributed by atoms with E-state index in [1.807, 2.05) is 30.3 Å². The van der Waals surface area contributed by atoms with Gasteiger partial charge in [0, 0.05) is 5.38 Å². The van der Waals surface area contributed by atoms with E-state index in [1.54, 1.807) is 5.38 Å². The zero-order chi connectivity index (χ0) is 14.8. The highest BCUT2D eigenvalue weighted by atomic mass is 32.1. The Bertz CT molecular complexity index is 623. The van der Waals surface area contributed by atoms with E-state index in [0.29, 0.717) is 23.7 Å². The third kappa shape index (κ3) is 3.06. The number of hydrogen-bond acceptors (Lipinski definition) is 5. The van der Waals surface area contributed by atoms with Gasteiger partial charge < -0.3 is 16.2 Å². The van der Waals surface area contributed by atoms with Crippen LogP contribution in [0.4, 0.5) is 5.13 Å². The largest absolute Gasteiger partial charge is 0.393 e. The number of aromatic nitrogens is 1. The van der Waals surface area contributed by atoms with Crippen LogP contribution in [0.5, 0.6) is 0 Å². The Balaban J connectivity index is 1.78. The fourth-order valence-corrected chi connectivity index (χ4v) is 3.19. The molecule has 0 radical (unpaired) electrons. The maximum absolute atomic E-state index is 12.3. The van der Waals surface area contributed by atoms with Gasteiger partial charge in [0.1, 0.15) is 5.69 Å². The molecular weight excluding hydrogens is 286 g/mol. The van der Waals surface area contributed by atoms with Crippen LogP contribution in [0.2, 0.25) is 0 Å². The van der Waals surface area contributed by atoms with Crippen molar-refractivity contribution in [3.05, 3.63) is 47.0 Å². The Morgan fingerprint density at radius 2 is 2.10 bits per heavy atom. The zero-order valence-corrected chi connectivity index (χ0v) is 12.2. The van der Waals surface area contributed by atoms with Gasteiger partial charge in [-0.1, -0.05) is 30.3 Å². The van der Waals surface area contributed by atoms with Crippen LogP contribution in [0, 0.1) is 5.92 Å². The monoisotopic (exact) mass is 303 g/mol. The minimum absolute atomic E-state index is 0.106. The Morgan fingerprint density at radius 3 is 2.67 bits per heavy atom. The Labute approximate surface area is 126 Å². The van der Waals surface area contributed by atoms with Gasteiger partial charge in [0.25, 0.3) is 5.91 Å². The molecule has 1 aromatic heterocycles.